The minimum atomic E-state index is -0.664. The van der Waals surface area contributed by atoms with Crippen molar-refractivity contribution in [3.63, 3.8) is 0 Å². The number of aliphatic carboxylic acids is 1. The zero-order valence-corrected chi connectivity index (χ0v) is 6.06. The molecular formula is C8H10O3. The third kappa shape index (κ3) is 0.601. The minimum absolute atomic E-state index is 0.0718. The maximum Gasteiger partial charge on any atom is 0.309 e. The molecule has 0 spiro atoms. The van der Waals surface area contributed by atoms with Gasteiger partial charge in [-0.05, 0) is 24.7 Å². The number of fused-ring (bicyclic) bond motifs is 5. The number of hydrogen-bond acceptors (Lipinski definition) is 2. The van der Waals surface area contributed by atoms with Crippen molar-refractivity contribution in [3.05, 3.63) is 0 Å². The van der Waals surface area contributed by atoms with Crippen LogP contribution in [0.15, 0.2) is 0 Å². The van der Waals surface area contributed by atoms with E-state index in [2.05, 4.69) is 0 Å². The summed E-state index contributed by atoms with van der Waals surface area (Å²) in [6.45, 7) is 0. The highest BCUT2D eigenvalue weighted by Gasteiger charge is 2.64. The van der Waals surface area contributed by atoms with Gasteiger partial charge in [-0.25, -0.2) is 0 Å². The molecule has 5 atom stereocenters. The standard InChI is InChI=1S/C8H10O3/c9-8(10)5-2-6-3-1-4(3)7(5)11-6/h3-7H,1-2H2,(H,9,10)/t3-,4-,5+,6-,7-/m1/s1. The van der Waals surface area contributed by atoms with Crippen LogP contribution in [0.4, 0.5) is 0 Å². The summed E-state index contributed by atoms with van der Waals surface area (Å²) in [5.74, 6) is 0.483. The van der Waals surface area contributed by atoms with Crippen molar-refractivity contribution in [1.29, 1.82) is 0 Å². The van der Waals surface area contributed by atoms with E-state index in [1.54, 1.807) is 0 Å². The van der Waals surface area contributed by atoms with Crippen LogP contribution in [0.25, 0.3) is 0 Å². The van der Waals surface area contributed by atoms with Gasteiger partial charge in [-0.15, -0.1) is 0 Å². The van der Waals surface area contributed by atoms with Gasteiger partial charge in [0.1, 0.15) is 0 Å². The third-order valence-electron chi connectivity index (χ3n) is 3.32. The fourth-order valence-corrected chi connectivity index (χ4v) is 2.69. The minimum Gasteiger partial charge on any atom is -0.481 e. The Kier molecular flexibility index (Phi) is 0.876. The molecule has 0 amide bonds. The molecule has 3 rings (SSSR count). The van der Waals surface area contributed by atoms with Crippen LogP contribution in [0.2, 0.25) is 0 Å². The van der Waals surface area contributed by atoms with Gasteiger partial charge in [0, 0.05) is 0 Å². The molecule has 1 aliphatic carbocycles. The monoisotopic (exact) mass is 154 g/mol. The van der Waals surface area contributed by atoms with E-state index >= 15 is 0 Å². The molecule has 11 heavy (non-hydrogen) atoms. The second-order valence-electron chi connectivity index (χ2n) is 3.88. The zero-order valence-electron chi connectivity index (χ0n) is 6.06. The maximum atomic E-state index is 10.7. The van der Waals surface area contributed by atoms with Gasteiger partial charge >= 0.3 is 5.97 Å². The fourth-order valence-electron chi connectivity index (χ4n) is 2.69. The summed E-state index contributed by atoms with van der Waals surface area (Å²) in [6, 6.07) is 0. The van der Waals surface area contributed by atoms with Crippen LogP contribution in [-0.2, 0) is 9.53 Å². The quantitative estimate of drug-likeness (QED) is 0.598. The van der Waals surface area contributed by atoms with E-state index < -0.39 is 5.97 Å². The van der Waals surface area contributed by atoms with E-state index in [0.29, 0.717) is 12.0 Å². The summed E-state index contributed by atoms with van der Waals surface area (Å²) < 4.78 is 5.53. The van der Waals surface area contributed by atoms with Gasteiger partial charge < -0.3 is 9.84 Å². The summed E-state index contributed by atoms with van der Waals surface area (Å²) in [4.78, 5) is 10.7. The number of rotatable bonds is 1. The first-order chi connectivity index (χ1) is 5.27. The topological polar surface area (TPSA) is 46.5 Å². The predicted octanol–water partition coefficient (Wildman–Crippen LogP) is 0.494. The summed E-state index contributed by atoms with van der Waals surface area (Å²) in [5.41, 5.74) is 0. The van der Waals surface area contributed by atoms with Crippen LogP contribution < -0.4 is 0 Å². The van der Waals surface area contributed by atoms with Crippen molar-refractivity contribution >= 4 is 5.97 Å². The second kappa shape index (κ2) is 1.61. The van der Waals surface area contributed by atoms with Crippen LogP contribution in [0.5, 0.6) is 0 Å². The largest absolute Gasteiger partial charge is 0.481 e. The number of carboxylic acids is 1. The second-order valence-corrected chi connectivity index (χ2v) is 3.88. The molecule has 2 heterocycles. The van der Waals surface area contributed by atoms with Gasteiger partial charge in [-0.1, -0.05) is 0 Å². The Balaban J connectivity index is 1.87. The lowest BCUT2D eigenvalue weighted by Crippen LogP contribution is -2.26. The maximum absolute atomic E-state index is 10.7. The lowest BCUT2D eigenvalue weighted by atomic mass is 9.89. The zero-order chi connectivity index (χ0) is 7.59. The van der Waals surface area contributed by atoms with E-state index in [4.69, 9.17) is 9.84 Å². The predicted molar refractivity (Wildman–Crippen MR) is 36.0 cm³/mol. The average molecular weight is 154 g/mol. The van der Waals surface area contributed by atoms with E-state index in [9.17, 15) is 4.79 Å². The number of ether oxygens (including phenoxy) is 1. The SMILES string of the molecule is O=C(O)[C@H]1C[C@H]2O[C@@H]1[C@@H]1C[C@H]12. The lowest BCUT2D eigenvalue weighted by molar-refractivity contribution is -0.143. The molecule has 0 aromatic heterocycles. The molecule has 60 valence electrons. The molecule has 2 aliphatic heterocycles. The smallest absolute Gasteiger partial charge is 0.309 e. The van der Waals surface area contributed by atoms with Crippen LogP contribution in [0.1, 0.15) is 12.8 Å². The van der Waals surface area contributed by atoms with Crippen LogP contribution in [0, 0.1) is 17.8 Å². The Morgan fingerprint density at radius 1 is 1.36 bits per heavy atom. The molecule has 1 saturated carbocycles. The molecule has 3 heteroatoms. The first kappa shape index (κ1) is 6.00. The molecule has 0 unspecified atom stereocenters. The third-order valence-corrected chi connectivity index (χ3v) is 3.32. The van der Waals surface area contributed by atoms with Gasteiger partial charge in [0.15, 0.2) is 0 Å². The van der Waals surface area contributed by atoms with Crippen molar-refractivity contribution < 1.29 is 14.6 Å². The Morgan fingerprint density at radius 3 is 2.73 bits per heavy atom. The lowest BCUT2D eigenvalue weighted by Gasteiger charge is -2.12. The summed E-state index contributed by atoms with van der Waals surface area (Å²) in [5, 5.41) is 8.79. The first-order valence-corrected chi connectivity index (χ1v) is 4.15. The van der Waals surface area contributed by atoms with Gasteiger partial charge in [0.05, 0.1) is 18.1 Å². The van der Waals surface area contributed by atoms with E-state index in [-0.39, 0.29) is 12.0 Å². The summed E-state index contributed by atoms with van der Waals surface area (Å²) in [7, 11) is 0. The molecule has 2 bridgehead atoms. The molecule has 0 aromatic carbocycles. The molecular weight excluding hydrogens is 144 g/mol. The molecule has 3 nitrogen and oxygen atoms in total. The summed E-state index contributed by atoms with van der Waals surface area (Å²) in [6.07, 6.45) is 2.36. The molecule has 0 aromatic rings. The van der Waals surface area contributed by atoms with E-state index in [0.717, 1.165) is 12.3 Å². The van der Waals surface area contributed by atoms with E-state index in [1.807, 2.05) is 0 Å². The Labute approximate surface area is 64.3 Å². The highest BCUT2D eigenvalue weighted by molar-refractivity contribution is 5.71. The van der Waals surface area contributed by atoms with Gasteiger partial charge in [-0.2, -0.15) is 0 Å². The van der Waals surface area contributed by atoms with E-state index in [1.165, 1.54) is 6.42 Å². The Bertz CT molecular complexity index is 225. The molecule has 3 fully saturated rings. The number of carbonyl (C=O) groups is 1. The Hall–Kier alpha value is -0.570. The molecule has 3 aliphatic rings. The van der Waals surface area contributed by atoms with Crippen molar-refractivity contribution in [2.75, 3.05) is 0 Å². The van der Waals surface area contributed by atoms with Gasteiger partial charge in [-0.3, -0.25) is 4.79 Å². The normalized spacial score (nSPS) is 57.6. The van der Waals surface area contributed by atoms with Crippen LogP contribution in [-0.4, -0.2) is 23.3 Å². The van der Waals surface area contributed by atoms with Crippen molar-refractivity contribution in [2.24, 2.45) is 17.8 Å². The summed E-state index contributed by atoms with van der Waals surface area (Å²) >= 11 is 0. The van der Waals surface area contributed by atoms with Crippen molar-refractivity contribution in [1.82, 2.24) is 0 Å². The molecule has 2 saturated heterocycles. The van der Waals surface area contributed by atoms with Gasteiger partial charge in [0.25, 0.3) is 0 Å². The van der Waals surface area contributed by atoms with Crippen LogP contribution >= 0.6 is 0 Å². The fraction of sp³-hybridized carbons (Fsp3) is 0.875. The van der Waals surface area contributed by atoms with Gasteiger partial charge in [0.2, 0.25) is 0 Å². The highest BCUT2D eigenvalue weighted by atomic mass is 16.5. The Morgan fingerprint density at radius 2 is 2.18 bits per heavy atom. The number of carboxylic acid groups (broad SMARTS) is 1. The highest BCUT2D eigenvalue weighted by Crippen LogP contribution is 2.60. The van der Waals surface area contributed by atoms with Crippen molar-refractivity contribution in [3.8, 4) is 0 Å². The van der Waals surface area contributed by atoms with Crippen LogP contribution in [0.3, 0.4) is 0 Å². The molecule has 0 radical (unpaired) electrons. The number of hydrogen-bond donors (Lipinski definition) is 1. The first-order valence-electron chi connectivity index (χ1n) is 4.15. The molecule has 1 N–H and O–H groups in total. The average Bonchev–Trinajstić information content (AvgIpc) is 2.57. The van der Waals surface area contributed by atoms with Crippen molar-refractivity contribution in [2.45, 2.75) is 25.0 Å².